The average molecular weight is 431 g/mol. The molecule has 2 fully saturated rings. The summed E-state index contributed by atoms with van der Waals surface area (Å²) in [5.74, 6) is 0.268. The van der Waals surface area contributed by atoms with E-state index in [9.17, 15) is 4.79 Å². The van der Waals surface area contributed by atoms with Gasteiger partial charge in [-0.25, -0.2) is 9.97 Å². The van der Waals surface area contributed by atoms with Crippen molar-refractivity contribution < 1.29 is 4.79 Å². The first-order valence-corrected chi connectivity index (χ1v) is 11.9. The summed E-state index contributed by atoms with van der Waals surface area (Å²) in [5.41, 5.74) is 5.75. The van der Waals surface area contributed by atoms with Crippen LogP contribution in [0.5, 0.6) is 0 Å². The maximum Gasteiger partial charge on any atom is 0.224 e. The molecule has 6 rings (SSSR count). The summed E-state index contributed by atoms with van der Waals surface area (Å²) in [6.45, 7) is 4.69. The number of rotatable bonds is 4. The van der Waals surface area contributed by atoms with Crippen LogP contribution in [0.3, 0.4) is 0 Å². The second kappa shape index (κ2) is 8.30. The van der Waals surface area contributed by atoms with Gasteiger partial charge in [0.15, 0.2) is 0 Å². The summed E-state index contributed by atoms with van der Waals surface area (Å²) in [6.07, 6.45) is 10.8. The molecular formula is C25H30N6O. The molecule has 0 spiro atoms. The number of fused-ring (bicyclic) bond motifs is 3. The molecule has 1 saturated carbocycles. The molecule has 1 unspecified atom stereocenters. The standard InChI is InChI=1S/C25H30N6O/c32-24(31-10-8-30(9-11-31)19-2-1-3-19)13-23-25-21(6-7-28-23)20-5-4-17(12-22(20)29-25)18-14-26-16-27-15-18/h4-5,12,14-16,19,23,28-29H,1-3,6-11,13H2. The first kappa shape index (κ1) is 19.9. The topological polar surface area (TPSA) is 77.1 Å². The molecule has 1 atom stereocenters. The van der Waals surface area contributed by atoms with Crippen LogP contribution >= 0.6 is 0 Å². The largest absolute Gasteiger partial charge is 0.357 e. The van der Waals surface area contributed by atoms with Crippen LogP contribution in [0.1, 0.15) is 43.0 Å². The molecule has 3 aliphatic rings. The number of aromatic nitrogens is 3. The molecule has 32 heavy (non-hydrogen) atoms. The maximum atomic E-state index is 13.1. The highest BCUT2D eigenvalue weighted by Gasteiger charge is 2.31. The van der Waals surface area contributed by atoms with Crippen molar-refractivity contribution in [1.29, 1.82) is 0 Å². The summed E-state index contributed by atoms with van der Waals surface area (Å²) < 4.78 is 0. The van der Waals surface area contributed by atoms with Crippen molar-refractivity contribution in [3.63, 3.8) is 0 Å². The number of hydrogen-bond acceptors (Lipinski definition) is 5. The summed E-state index contributed by atoms with van der Waals surface area (Å²) >= 11 is 0. The molecule has 0 bridgehead atoms. The Bertz CT molecular complexity index is 1110. The number of piperazine rings is 1. The van der Waals surface area contributed by atoms with Crippen LogP contribution in [0.4, 0.5) is 0 Å². The van der Waals surface area contributed by atoms with Gasteiger partial charge in [-0.1, -0.05) is 18.6 Å². The summed E-state index contributed by atoms with van der Waals surface area (Å²) in [5, 5.41) is 4.85. The Kier molecular flexibility index (Phi) is 5.15. The van der Waals surface area contributed by atoms with Crippen molar-refractivity contribution in [3.05, 3.63) is 48.2 Å². The molecule has 1 aliphatic carbocycles. The normalized spacial score (nSPS) is 22.0. The minimum atomic E-state index is 0.0480. The van der Waals surface area contributed by atoms with Crippen LogP contribution < -0.4 is 5.32 Å². The van der Waals surface area contributed by atoms with Crippen LogP contribution in [-0.2, 0) is 11.2 Å². The first-order chi connectivity index (χ1) is 15.8. The number of carbonyl (C=O) groups is 1. The van der Waals surface area contributed by atoms with Crippen LogP contribution in [-0.4, -0.2) is 69.4 Å². The number of nitrogens with one attached hydrogen (secondary N) is 2. The highest BCUT2D eigenvalue weighted by atomic mass is 16.2. The van der Waals surface area contributed by atoms with E-state index in [2.05, 4.69) is 48.3 Å². The number of carbonyl (C=O) groups excluding carboxylic acids is 1. The van der Waals surface area contributed by atoms with Crippen molar-refractivity contribution in [1.82, 2.24) is 30.1 Å². The molecule has 2 aromatic heterocycles. The third-order valence-electron chi connectivity index (χ3n) is 7.58. The van der Waals surface area contributed by atoms with Crippen molar-refractivity contribution in [2.24, 2.45) is 0 Å². The molecule has 2 N–H and O–H groups in total. The molecule has 7 nitrogen and oxygen atoms in total. The van der Waals surface area contributed by atoms with Gasteiger partial charge in [0.1, 0.15) is 6.33 Å². The van der Waals surface area contributed by atoms with Gasteiger partial charge in [0.2, 0.25) is 5.91 Å². The van der Waals surface area contributed by atoms with E-state index < -0.39 is 0 Å². The van der Waals surface area contributed by atoms with E-state index in [0.29, 0.717) is 6.42 Å². The average Bonchev–Trinajstić information content (AvgIpc) is 3.18. The Labute approximate surface area is 188 Å². The van der Waals surface area contributed by atoms with E-state index in [-0.39, 0.29) is 11.9 Å². The highest BCUT2D eigenvalue weighted by Crippen LogP contribution is 2.34. The Morgan fingerprint density at radius 3 is 2.62 bits per heavy atom. The molecule has 1 saturated heterocycles. The second-order valence-electron chi connectivity index (χ2n) is 9.37. The van der Waals surface area contributed by atoms with Crippen molar-refractivity contribution in [2.75, 3.05) is 32.7 Å². The SMILES string of the molecule is O=C(CC1NCCc2c1[nH]c1cc(-c3cncnc3)ccc21)N1CCN(C2CCC2)CC1. The quantitative estimate of drug-likeness (QED) is 0.666. The van der Waals surface area contributed by atoms with Gasteiger partial charge in [0, 0.05) is 73.2 Å². The summed E-state index contributed by atoms with van der Waals surface area (Å²) in [4.78, 5) is 29.7. The van der Waals surface area contributed by atoms with E-state index in [0.717, 1.165) is 61.8 Å². The van der Waals surface area contributed by atoms with Gasteiger partial charge in [-0.2, -0.15) is 0 Å². The smallest absolute Gasteiger partial charge is 0.224 e. The van der Waals surface area contributed by atoms with Gasteiger partial charge < -0.3 is 15.2 Å². The van der Waals surface area contributed by atoms with Crippen molar-refractivity contribution in [3.8, 4) is 11.1 Å². The Balaban J connectivity index is 1.19. The third-order valence-corrected chi connectivity index (χ3v) is 7.58. The van der Waals surface area contributed by atoms with Gasteiger partial charge in [-0.3, -0.25) is 9.69 Å². The number of H-pyrrole nitrogens is 1. The maximum absolute atomic E-state index is 13.1. The first-order valence-electron chi connectivity index (χ1n) is 11.9. The lowest BCUT2D eigenvalue weighted by Gasteiger charge is -2.43. The summed E-state index contributed by atoms with van der Waals surface area (Å²) in [6, 6.07) is 7.32. The molecule has 7 heteroatoms. The minimum absolute atomic E-state index is 0.0480. The lowest BCUT2D eigenvalue weighted by Crippen LogP contribution is -2.53. The van der Waals surface area contributed by atoms with Gasteiger partial charge in [0.05, 0.1) is 6.04 Å². The van der Waals surface area contributed by atoms with Gasteiger partial charge >= 0.3 is 0 Å². The zero-order chi connectivity index (χ0) is 21.5. The number of aromatic amines is 1. The fourth-order valence-electron chi connectivity index (χ4n) is 5.51. The van der Waals surface area contributed by atoms with E-state index in [4.69, 9.17) is 0 Å². The fraction of sp³-hybridized carbons (Fsp3) is 0.480. The lowest BCUT2D eigenvalue weighted by atomic mass is 9.91. The molecule has 166 valence electrons. The molecule has 3 aromatic rings. The van der Waals surface area contributed by atoms with E-state index in [1.165, 1.54) is 35.9 Å². The van der Waals surface area contributed by atoms with Crippen molar-refractivity contribution >= 4 is 16.8 Å². The van der Waals surface area contributed by atoms with Gasteiger partial charge in [0.25, 0.3) is 0 Å². The minimum Gasteiger partial charge on any atom is -0.357 e. The Hall–Kier alpha value is -2.77. The number of hydrogen-bond donors (Lipinski definition) is 2. The number of nitrogens with zero attached hydrogens (tertiary/aromatic N) is 4. The van der Waals surface area contributed by atoms with E-state index >= 15 is 0 Å². The summed E-state index contributed by atoms with van der Waals surface area (Å²) in [7, 11) is 0. The zero-order valence-electron chi connectivity index (χ0n) is 18.4. The van der Waals surface area contributed by atoms with Crippen molar-refractivity contribution in [2.45, 2.75) is 44.2 Å². The van der Waals surface area contributed by atoms with Crippen LogP contribution in [0.15, 0.2) is 36.9 Å². The number of amides is 1. The zero-order valence-corrected chi connectivity index (χ0v) is 18.4. The van der Waals surface area contributed by atoms with Gasteiger partial charge in [-0.15, -0.1) is 0 Å². The van der Waals surface area contributed by atoms with Crippen LogP contribution in [0, 0.1) is 0 Å². The Morgan fingerprint density at radius 2 is 1.88 bits per heavy atom. The van der Waals surface area contributed by atoms with E-state index in [1.807, 2.05) is 12.4 Å². The van der Waals surface area contributed by atoms with Gasteiger partial charge in [-0.05, 0) is 43.0 Å². The predicted octanol–water partition coefficient (Wildman–Crippen LogP) is 2.90. The Morgan fingerprint density at radius 1 is 1.06 bits per heavy atom. The molecule has 1 aromatic carbocycles. The monoisotopic (exact) mass is 430 g/mol. The molecule has 1 amide bonds. The molecular weight excluding hydrogens is 400 g/mol. The lowest BCUT2D eigenvalue weighted by molar-refractivity contribution is -0.134. The predicted molar refractivity (Wildman–Crippen MR) is 124 cm³/mol. The fourth-order valence-corrected chi connectivity index (χ4v) is 5.51. The van der Waals surface area contributed by atoms with Crippen LogP contribution in [0.2, 0.25) is 0 Å². The highest BCUT2D eigenvalue weighted by molar-refractivity contribution is 5.89. The second-order valence-corrected chi connectivity index (χ2v) is 9.37. The van der Waals surface area contributed by atoms with Crippen LogP contribution in [0.25, 0.3) is 22.0 Å². The van der Waals surface area contributed by atoms with E-state index in [1.54, 1.807) is 6.33 Å². The molecule has 4 heterocycles. The molecule has 2 aliphatic heterocycles. The number of benzene rings is 1. The third kappa shape index (κ3) is 3.59. The molecule has 0 radical (unpaired) electrons.